The Morgan fingerprint density at radius 1 is 1.36 bits per heavy atom. The van der Waals surface area contributed by atoms with Gasteiger partial charge in [-0.2, -0.15) is 0 Å². The molecule has 2 fully saturated rings. The molecule has 3 nitrogen and oxygen atoms in total. The van der Waals surface area contributed by atoms with Crippen LogP contribution in [0.15, 0.2) is 0 Å². The van der Waals surface area contributed by atoms with Gasteiger partial charge in [0.25, 0.3) is 0 Å². The molecule has 0 amide bonds. The number of rotatable bonds is 3. The van der Waals surface area contributed by atoms with E-state index in [4.69, 9.17) is 10.5 Å². The molecule has 2 atom stereocenters. The Hall–Kier alpha value is -0.120. The van der Waals surface area contributed by atoms with Gasteiger partial charge in [0.1, 0.15) is 0 Å². The van der Waals surface area contributed by atoms with Gasteiger partial charge in [0.05, 0.1) is 13.2 Å². The third-order valence-electron chi connectivity index (χ3n) is 3.56. The lowest BCUT2D eigenvalue weighted by Gasteiger charge is -2.28. The van der Waals surface area contributed by atoms with Gasteiger partial charge in [0.2, 0.25) is 0 Å². The zero-order valence-corrected chi connectivity index (χ0v) is 8.87. The van der Waals surface area contributed by atoms with Crippen molar-refractivity contribution < 1.29 is 4.74 Å². The van der Waals surface area contributed by atoms with Crippen LogP contribution in [-0.2, 0) is 4.74 Å². The molecule has 14 heavy (non-hydrogen) atoms. The quantitative estimate of drug-likeness (QED) is 0.708. The van der Waals surface area contributed by atoms with Crippen molar-refractivity contribution in [2.45, 2.75) is 44.2 Å². The van der Waals surface area contributed by atoms with Crippen LogP contribution >= 0.6 is 0 Å². The van der Waals surface area contributed by atoms with Gasteiger partial charge >= 0.3 is 0 Å². The van der Waals surface area contributed by atoms with Crippen LogP contribution in [0.3, 0.4) is 0 Å². The molecular weight excluding hydrogens is 176 g/mol. The van der Waals surface area contributed by atoms with E-state index in [1.807, 2.05) is 0 Å². The van der Waals surface area contributed by atoms with Gasteiger partial charge in [-0.3, -0.25) is 0 Å². The SMILES string of the molecule is NC(CC1COCCN1)C1CCCC1. The van der Waals surface area contributed by atoms with Crippen LogP contribution in [0.5, 0.6) is 0 Å². The Morgan fingerprint density at radius 2 is 2.14 bits per heavy atom. The molecule has 1 saturated heterocycles. The second-order valence-electron chi connectivity index (χ2n) is 4.67. The summed E-state index contributed by atoms with van der Waals surface area (Å²) < 4.78 is 5.43. The molecule has 3 N–H and O–H groups in total. The first-order valence-corrected chi connectivity index (χ1v) is 5.93. The van der Waals surface area contributed by atoms with Crippen LogP contribution in [0.1, 0.15) is 32.1 Å². The molecule has 0 radical (unpaired) electrons. The van der Waals surface area contributed by atoms with Crippen molar-refractivity contribution >= 4 is 0 Å². The molecule has 0 aromatic heterocycles. The van der Waals surface area contributed by atoms with Crippen molar-refractivity contribution in [1.82, 2.24) is 5.32 Å². The standard InChI is InChI=1S/C11H22N2O/c12-11(9-3-1-2-4-9)7-10-8-14-6-5-13-10/h9-11,13H,1-8,12H2. The second kappa shape index (κ2) is 5.10. The molecule has 1 aliphatic heterocycles. The van der Waals surface area contributed by atoms with Crippen LogP contribution in [0.25, 0.3) is 0 Å². The van der Waals surface area contributed by atoms with Gasteiger partial charge in [0, 0.05) is 18.6 Å². The highest BCUT2D eigenvalue weighted by Crippen LogP contribution is 2.28. The van der Waals surface area contributed by atoms with Crippen LogP contribution in [0.2, 0.25) is 0 Å². The van der Waals surface area contributed by atoms with Crippen molar-refractivity contribution in [3.63, 3.8) is 0 Å². The predicted molar refractivity (Wildman–Crippen MR) is 57.2 cm³/mol. The van der Waals surface area contributed by atoms with E-state index in [2.05, 4.69) is 5.32 Å². The molecule has 0 aromatic carbocycles. The minimum absolute atomic E-state index is 0.386. The van der Waals surface area contributed by atoms with Crippen molar-refractivity contribution in [2.75, 3.05) is 19.8 Å². The van der Waals surface area contributed by atoms with E-state index in [1.165, 1.54) is 25.7 Å². The van der Waals surface area contributed by atoms with E-state index in [0.717, 1.165) is 32.1 Å². The lowest BCUT2D eigenvalue weighted by molar-refractivity contribution is 0.0698. The predicted octanol–water partition coefficient (Wildman–Crippen LogP) is 0.882. The Bertz CT molecular complexity index is 163. The lowest BCUT2D eigenvalue weighted by atomic mass is 9.93. The zero-order valence-electron chi connectivity index (χ0n) is 8.87. The molecule has 2 unspecified atom stereocenters. The summed E-state index contributed by atoms with van der Waals surface area (Å²) in [4.78, 5) is 0. The molecular formula is C11H22N2O. The van der Waals surface area contributed by atoms with E-state index >= 15 is 0 Å². The lowest BCUT2D eigenvalue weighted by Crippen LogP contribution is -2.46. The maximum absolute atomic E-state index is 6.21. The molecule has 0 spiro atoms. The molecule has 1 saturated carbocycles. The fourth-order valence-electron chi connectivity index (χ4n) is 2.68. The molecule has 2 aliphatic rings. The van der Waals surface area contributed by atoms with Crippen LogP contribution in [0.4, 0.5) is 0 Å². The number of nitrogens with one attached hydrogen (secondary N) is 1. The summed E-state index contributed by atoms with van der Waals surface area (Å²) in [5, 5.41) is 3.47. The third-order valence-corrected chi connectivity index (χ3v) is 3.56. The number of nitrogens with two attached hydrogens (primary N) is 1. The Labute approximate surface area is 86.4 Å². The number of morpholine rings is 1. The van der Waals surface area contributed by atoms with Crippen molar-refractivity contribution in [3.8, 4) is 0 Å². The van der Waals surface area contributed by atoms with Gasteiger partial charge < -0.3 is 15.8 Å². The summed E-state index contributed by atoms with van der Waals surface area (Å²) >= 11 is 0. The fourth-order valence-corrected chi connectivity index (χ4v) is 2.68. The van der Waals surface area contributed by atoms with Crippen LogP contribution in [0, 0.1) is 5.92 Å². The van der Waals surface area contributed by atoms with Gasteiger partial charge in [-0.1, -0.05) is 12.8 Å². The monoisotopic (exact) mass is 198 g/mol. The first-order chi connectivity index (χ1) is 6.86. The summed E-state index contributed by atoms with van der Waals surface area (Å²) in [7, 11) is 0. The van der Waals surface area contributed by atoms with Gasteiger partial charge in [0.15, 0.2) is 0 Å². The molecule has 82 valence electrons. The van der Waals surface area contributed by atoms with Crippen molar-refractivity contribution in [1.29, 1.82) is 0 Å². The molecule has 3 heteroatoms. The Kier molecular flexibility index (Phi) is 3.79. The van der Waals surface area contributed by atoms with Crippen molar-refractivity contribution in [3.05, 3.63) is 0 Å². The molecule has 2 rings (SSSR count). The Morgan fingerprint density at radius 3 is 2.79 bits per heavy atom. The highest BCUT2D eigenvalue weighted by atomic mass is 16.5. The topological polar surface area (TPSA) is 47.3 Å². The number of ether oxygens (including phenoxy) is 1. The number of hydrogen-bond acceptors (Lipinski definition) is 3. The highest BCUT2D eigenvalue weighted by Gasteiger charge is 2.25. The van der Waals surface area contributed by atoms with E-state index in [0.29, 0.717) is 12.1 Å². The zero-order chi connectivity index (χ0) is 9.80. The third kappa shape index (κ3) is 2.69. The normalized spacial score (nSPS) is 31.9. The number of hydrogen-bond donors (Lipinski definition) is 2. The first-order valence-electron chi connectivity index (χ1n) is 5.93. The summed E-state index contributed by atoms with van der Waals surface area (Å²) in [5.41, 5.74) is 6.21. The average molecular weight is 198 g/mol. The molecule has 1 heterocycles. The largest absolute Gasteiger partial charge is 0.379 e. The summed E-state index contributed by atoms with van der Waals surface area (Å²) in [6.07, 6.45) is 6.54. The summed E-state index contributed by atoms with van der Waals surface area (Å²) in [6.45, 7) is 2.69. The molecule has 0 bridgehead atoms. The second-order valence-corrected chi connectivity index (χ2v) is 4.67. The molecule has 1 aliphatic carbocycles. The Balaban J connectivity index is 1.72. The minimum Gasteiger partial charge on any atom is -0.379 e. The average Bonchev–Trinajstić information content (AvgIpc) is 2.72. The van der Waals surface area contributed by atoms with E-state index in [1.54, 1.807) is 0 Å². The first kappa shape index (κ1) is 10.4. The maximum atomic E-state index is 6.21. The van der Waals surface area contributed by atoms with E-state index in [-0.39, 0.29) is 0 Å². The van der Waals surface area contributed by atoms with E-state index < -0.39 is 0 Å². The van der Waals surface area contributed by atoms with Crippen LogP contribution in [-0.4, -0.2) is 31.8 Å². The van der Waals surface area contributed by atoms with E-state index in [9.17, 15) is 0 Å². The highest BCUT2D eigenvalue weighted by molar-refractivity contribution is 4.83. The van der Waals surface area contributed by atoms with Gasteiger partial charge in [-0.25, -0.2) is 0 Å². The molecule has 0 aromatic rings. The maximum Gasteiger partial charge on any atom is 0.0620 e. The minimum atomic E-state index is 0.386. The smallest absolute Gasteiger partial charge is 0.0620 e. The van der Waals surface area contributed by atoms with Gasteiger partial charge in [-0.05, 0) is 25.2 Å². The van der Waals surface area contributed by atoms with Gasteiger partial charge in [-0.15, -0.1) is 0 Å². The van der Waals surface area contributed by atoms with Crippen LogP contribution < -0.4 is 11.1 Å². The van der Waals surface area contributed by atoms with Crippen molar-refractivity contribution in [2.24, 2.45) is 11.7 Å². The summed E-state index contributed by atoms with van der Waals surface area (Å²) in [5.74, 6) is 0.777. The summed E-state index contributed by atoms with van der Waals surface area (Å²) in [6, 6.07) is 0.885. The fraction of sp³-hybridized carbons (Fsp3) is 1.00.